The number of hydrogen-bond donors (Lipinski definition) is 2. The van der Waals surface area contributed by atoms with Crippen LogP contribution in [0, 0.1) is 0 Å². The molecule has 0 aliphatic heterocycles. The molecular weight excluding hydrogens is 388 g/mol. The number of nitrogens with two attached hydrogens (primary N) is 1. The molecule has 28 heavy (non-hydrogen) atoms. The Morgan fingerprint density at radius 3 is 2.79 bits per heavy atom. The number of anilines is 1. The van der Waals surface area contributed by atoms with Crippen molar-refractivity contribution >= 4 is 39.1 Å². The first-order chi connectivity index (χ1) is 13.4. The van der Waals surface area contributed by atoms with Crippen molar-refractivity contribution in [2.24, 2.45) is 5.73 Å². The molecule has 10 heteroatoms. The van der Waals surface area contributed by atoms with Crippen molar-refractivity contribution in [2.75, 3.05) is 5.32 Å². The molecule has 3 N–H and O–H groups in total. The molecule has 1 aliphatic rings. The lowest BCUT2D eigenvalue weighted by Gasteiger charge is -2.10. The Labute approximate surface area is 162 Å². The molecule has 0 radical (unpaired) electrons. The van der Waals surface area contributed by atoms with Gasteiger partial charge in [-0.15, -0.1) is 11.3 Å². The molecule has 0 atom stereocenters. The number of aromatic nitrogens is 3. The van der Waals surface area contributed by atoms with E-state index in [1.807, 2.05) is 6.92 Å². The van der Waals surface area contributed by atoms with Crippen LogP contribution in [0.4, 0.5) is 14.5 Å². The second kappa shape index (κ2) is 6.93. The number of amides is 2. The van der Waals surface area contributed by atoms with Gasteiger partial charge in [-0.05, 0) is 43.4 Å². The van der Waals surface area contributed by atoms with E-state index in [1.54, 1.807) is 6.07 Å². The largest absolute Gasteiger partial charge is 0.365 e. The SMILES string of the molecule is CCn1nccc1C(=O)Nc1c(C(N)=O)sc2nc(C(F)F)cc(C3CC3)c12. The molecule has 0 bridgehead atoms. The topological polar surface area (TPSA) is 103 Å². The number of nitrogens with one attached hydrogen (secondary N) is 1. The number of halogens is 2. The van der Waals surface area contributed by atoms with Crippen molar-refractivity contribution in [3.8, 4) is 0 Å². The summed E-state index contributed by atoms with van der Waals surface area (Å²) in [4.78, 5) is 29.1. The first-order valence-electron chi connectivity index (χ1n) is 8.79. The highest BCUT2D eigenvalue weighted by Crippen LogP contribution is 2.48. The van der Waals surface area contributed by atoms with Gasteiger partial charge in [0.25, 0.3) is 18.2 Å². The van der Waals surface area contributed by atoms with E-state index in [4.69, 9.17) is 5.73 Å². The molecule has 0 aromatic carbocycles. The van der Waals surface area contributed by atoms with Gasteiger partial charge < -0.3 is 11.1 Å². The summed E-state index contributed by atoms with van der Waals surface area (Å²) >= 11 is 0.916. The van der Waals surface area contributed by atoms with Gasteiger partial charge in [-0.2, -0.15) is 5.10 Å². The maximum absolute atomic E-state index is 13.3. The third kappa shape index (κ3) is 3.13. The minimum atomic E-state index is -2.72. The fourth-order valence-electron chi connectivity index (χ4n) is 3.22. The van der Waals surface area contributed by atoms with Gasteiger partial charge in [-0.3, -0.25) is 14.3 Å². The fourth-order valence-corrected chi connectivity index (χ4v) is 4.24. The number of carbonyl (C=O) groups excluding carboxylic acids is 2. The molecule has 3 heterocycles. The van der Waals surface area contributed by atoms with Gasteiger partial charge in [-0.1, -0.05) is 0 Å². The van der Waals surface area contributed by atoms with Crippen molar-refractivity contribution < 1.29 is 18.4 Å². The van der Waals surface area contributed by atoms with Gasteiger partial charge in [0.15, 0.2) is 0 Å². The zero-order valence-electron chi connectivity index (χ0n) is 14.9. The quantitative estimate of drug-likeness (QED) is 0.653. The first kappa shape index (κ1) is 18.5. The summed E-state index contributed by atoms with van der Waals surface area (Å²) < 4.78 is 28.1. The molecule has 146 valence electrons. The highest BCUT2D eigenvalue weighted by Gasteiger charge is 2.32. The number of hydrogen-bond acceptors (Lipinski definition) is 5. The Kier molecular flexibility index (Phi) is 4.58. The molecule has 0 unspecified atom stereocenters. The van der Waals surface area contributed by atoms with Crippen LogP contribution in [0.15, 0.2) is 18.3 Å². The molecule has 3 aromatic rings. The molecule has 0 saturated heterocycles. The maximum Gasteiger partial charge on any atom is 0.280 e. The lowest BCUT2D eigenvalue weighted by Crippen LogP contribution is -2.20. The number of thiophene rings is 1. The lowest BCUT2D eigenvalue weighted by molar-refractivity contribution is 0.100. The molecule has 1 saturated carbocycles. The molecule has 1 aliphatic carbocycles. The van der Waals surface area contributed by atoms with Crippen LogP contribution in [0.25, 0.3) is 10.2 Å². The van der Waals surface area contributed by atoms with Crippen LogP contribution in [0.3, 0.4) is 0 Å². The fraction of sp³-hybridized carbons (Fsp3) is 0.333. The molecule has 3 aromatic heterocycles. The summed E-state index contributed by atoms with van der Waals surface area (Å²) in [6.07, 6.45) is 0.502. The van der Waals surface area contributed by atoms with Crippen molar-refractivity contribution in [3.05, 3.63) is 40.2 Å². The highest BCUT2D eigenvalue weighted by molar-refractivity contribution is 7.21. The van der Waals surface area contributed by atoms with Gasteiger partial charge in [0.1, 0.15) is 21.1 Å². The Hall–Kier alpha value is -2.88. The smallest absolute Gasteiger partial charge is 0.280 e. The molecule has 0 spiro atoms. The van der Waals surface area contributed by atoms with E-state index in [1.165, 1.54) is 16.9 Å². The standard InChI is InChI=1S/C18H17F2N5O2S/c1-2-25-11(5-6-22-25)17(27)24-13-12-9(8-3-4-8)7-10(15(19)20)23-18(12)28-14(13)16(21)26/h5-8,15H,2-4H2,1H3,(H2,21,26)(H,24,27). The van der Waals surface area contributed by atoms with Crippen molar-refractivity contribution in [2.45, 2.75) is 38.7 Å². The molecular formula is C18H17F2N5O2S. The van der Waals surface area contributed by atoms with Crippen LogP contribution in [0.5, 0.6) is 0 Å². The summed E-state index contributed by atoms with van der Waals surface area (Å²) in [5.74, 6) is -1.10. The van der Waals surface area contributed by atoms with Crippen LogP contribution >= 0.6 is 11.3 Å². The van der Waals surface area contributed by atoms with Gasteiger partial charge in [0, 0.05) is 18.1 Å². The van der Waals surface area contributed by atoms with Crippen LogP contribution in [0.2, 0.25) is 0 Å². The third-order valence-corrected chi connectivity index (χ3v) is 5.76. The molecule has 7 nitrogen and oxygen atoms in total. The number of nitrogens with zero attached hydrogens (tertiary/aromatic N) is 3. The summed E-state index contributed by atoms with van der Waals surface area (Å²) in [7, 11) is 0. The minimum absolute atomic E-state index is 0.0896. The van der Waals surface area contributed by atoms with Crippen molar-refractivity contribution in [3.63, 3.8) is 0 Å². The number of aryl methyl sites for hydroxylation is 1. The second-order valence-electron chi connectivity index (χ2n) is 6.55. The minimum Gasteiger partial charge on any atom is -0.365 e. The van der Waals surface area contributed by atoms with E-state index in [0.717, 1.165) is 24.2 Å². The Balaban J connectivity index is 1.87. The Morgan fingerprint density at radius 1 is 1.43 bits per heavy atom. The summed E-state index contributed by atoms with van der Waals surface area (Å²) in [6, 6.07) is 2.93. The second-order valence-corrected chi connectivity index (χ2v) is 7.55. The van der Waals surface area contributed by atoms with Gasteiger partial charge in [0.2, 0.25) is 0 Å². The number of rotatable bonds is 6. The molecule has 1 fully saturated rings. The van der Waals surface area contributed by atoms with E-state index in [0.29, 0.717) is 23.2 Å². The number of carbonyl (C=O) groups is 2. The average Bonchev–Trinajstić information content (AvgIpc) is 3.27. The number of primary amides is 1. The average molecular weight is 405 g/mol. The summed E-state index contributed by atoms with van der Waals surface area (Å²) in [5, 5.41) is 7.32. The van der Waals surface area contributed by atoms with Crippen molar-refractivity contribution in [1.29, 1.82) is 0 Å². The number of alkyl halides is 2. The monoisotopic (exact) mass is 405 g/mol. The zero-order chi connectivity index (χ0) is 20.0. The normalized spacial score (nSPS) is 14.0. The van der Waals surface area contributed by atoms with Crippen LogP contribution in [0.1, 0.15) is 63.5 Å². The first-order valence-corrected chi connectivity index (χ1v) is 9.60. The van der Waals surface area contributed by atoms with Gasteiger partial charge >= 0.3 is 0 Å². The maximum atomic E-state index is 13.3. The van der Waals surface area contributed by atoms with E-state index >= 15 is 0 Å². The Bertz CT molecular complexity index is 1090. The third-order valence-electron chi connectivity index (χ3n) is 4.66. The van der Waals surface area contributed by atoms with E-state index in [-0.39, 0.29) is 27.0 Å². The van der Waals surface area contributed by atoms with E-state index in [2.05, 4.69) is 15.4 Å². The predicted octanol–water partition coefficient (Wildman–Crippen LogP) is 3.68. The van der Waals surface area contributed by atoms with E-state index in [9.17, 15) is 18.4 Å². The van der Waals surface area contributed by atoms with Gasteiger partial charge in [-0.25, -0.2) is 13.8 Å². The van der Waals surface area contributed by atoms with Crippen LogP contribution in [-0.4, -0.2) is 26.6 Å². The van der Waals surface area contributed by atoms with Crippen LogP contribution < -0.4 is 11.1 Å². The van der Waals surface area contributed by atoms with Gasteiger partial charge in [0.05, 0.1) is 5.69 Å². The Morgan fingerprint density at radius 2 is 2.18 bits per heavy atom. The predicted molar refractivity (Wildman–Crippen MR) is 101 cm³/mol. The van der Waals surface area contributed by atoms with Crippen LogP contribution in [-0.2, 0) is 6.54 Å². The number of pyridine rings is 1. The number of fused-ring (bicyclic) bond motifs is 1. The van der Waals surface area contributed by atoms with E-state index < -0.39 is 18.2 Å². The molecule has 4 rings (SSSR count). The lowest BCUT2D eigenvalue weighted by atomic mass is 10.0. The zero-order valence-corrected chi connectivity index (χ0v) is 15.7. The highest BCUT2D eigenvalue weighted by atomic mass is 32.1. The molecule has 2 amide bonds. The van der Waals surface area contributed by atoms with Crippen molar-refractivity contribution in [1.82, 2.24) is 14.8 Å². The summed E-state index contributed by atoms with van der Waals surface area (Å²) in [5.41, 5.74) is 6.38. The summed E-state index contributed by atoms with van der Waals surface area (Å²) in [6.45, 7) is 2.34.